The van der Waals surface area contributed by atoms with Crippen molar-refractivity contribution in [2.24, 2.45) is 5.92 Å². The van der Waals surface area contributed by atoms with E-state index in [1.54, 1.807) is 0 Å². The molecule has 4 heteroatoms. The molecule has 0 heterocycles. The van der Waals surface area contributed by atoms with Crippen LogP contribution in [0.3, 0.4) is 0 Å². The van der Waals surface area contributed by atoms with Crippen LogP contribution in [-0.2, 0) is 4.74 Å². The first-order valence-corrected chi connectivity index (χ1v) is 8.45. The zero-order valence-corrected chi connectivity index (χ0v) is 13.5. The van der Waals surface area contributed by atoms with Crippen LogP contribution >= 0.6 is 45.8 Å². The second kappa shape index (κ2) is 8.39. The van der Waals surface area contributed by atoms with Gasteiger partial charge in [-0.3, -0.25) is 0 Å². The molecule has 1 aliphatic rings. The van der Waals surface area contributed by atoms with Crippen molar-refractivity contribution in [3.05, 3.63) is 0 Å². The molecule has 0 N–H and O–H groups in total. The molecule has 1 nitrogen and oxygen atoms in total. The molecular formula is C12H21Cl2IO. The van der Waals surface area contributed by atoms with Crippen LogP contribution in [0.15, 0.2) is 0 Å². The fourth-order valence-electron chi connectivity index (χ4n) is 2.36. The summed E-state index contributed by atoms with van der Waals surface area (Å²) in [5, 5.41) is 0. The molecule has 0 radical (unpaired) electrons. The van der Waals surface area contributed by atoms with E-state index < -0.39 is 0 Å². The standard InChI is InChI=1S/C12H21Cl2IO/c1-2-9-5-3-4-6-11(9)16-12(8-14)10(15)7-13/h9-12H,2-8H2,1H3. The number of rotatable bonds is 6. The summed E-state index contributed by atoms with van der Waals surface area (Å²) in [5.41, 5.74) is 0. The molecule has 0 bridgehead atoms. The van der Waals surface area contributed by atoms with Crippen LogP contribution in [0.25, 0.3) is 0 Å². The Morgan fingerprint density at radius 3 is 2.50 bits per heavy atom. The highest BCUT2D eigenvalue weighted by molar-refractivity contribution is 14.1. The van der Waals surface area contributed by atoms with Crippen LogP contribution in [0.5, 0.6) is 0 Å². The van der Waals surface area contributed by atoms with Crippen LogP contribution < -0.4 is 0 Å². The smallest absolute Gasteiger partial charge is 0.0843 e. The fraction of sp³-hybridized carbons (Fsp3) is 1.00. The zero-order valence-electron chi connectivity index (χ0n) is 9.80. The van der Waals surface area contributed by atoms with Crippen molar-refractivity contribution >= 4 is 45.8 Å². The molecule has 1 saturated carbocycles. The first kappa shape index (κ1) is 15.3. The minimum absolute atomic E-state index is 0.108. The van der Waals surface area contributed by atoms with Gasteiger partial charge in [0.25, 0.3) is 0 Å². The highest BCUT2D eigenvalue weighted by Crippen LogP contribution is 2.31. The molecule has 0 spiro atoms. The fourth-order valence-corrected chi connectivity index (χ4v) is 3.57. The maximum atomic E-state index is 6.17. The lowest BCUT2D eigenvalue weighted by atomic mass is 9.84. The monoisotopic (exact) mass is 378 g/mol. The second-order valence-electron chi connectivity index (χ2n) is 4.49. The highest BCUT2D eigenvalue weighted by atomic mass is 127. The van der Waals surface area contributed by atoms with Gasteiger partial charge in [-0.2, -0.15) is 0 Å². The van der Waals surface area contributed by atoms with E-state index in [9.17, 15) is 0 Å². The Hall–Kier alpha value is 1.27. The van der Waals surface area contributed by atoms with Crippen LogP contribution in [0.4, 0.5) is 0 Å². The van der Waals surface area contributed by atoms with E-state index in [1.165, 1.54) is 32.1 Å². The third-order valence-corrected chi connectivity index (χ3v) is 5.82. The van der Waals surface area contributed by atoms with Gasteiger partial charge in [-0.25, -0.2) is 0 Å². The number of alkyl halides is 3. The van der Waals surface area contributed by atoms with Gasteiger partial charge in [0.15, 0.2) is 0 Å². The lowest BCUT2D eigenvalue weighted by molar-refractivity contribution is -0.0487. The molecule has 0 aromatic rings. The molecule has 16 heavy (non-hydrogen) atoms. The summed E-state index contributed by atoms with van der Waals surface area (Å²) < 4.78 is 6.49. The van der Waals surface area contributed by atoms with Gasteiger partial charge in [-0.1, -0.05) is 48.8 Å². The summed E-state index contributed by atoms with van der Waals surface area (Å²) in [5.74, 6) is 1.88. The lowest BCUT2D eigenvalue weighted by Gasteiger charge is -2.34. The second-order valence-corrected chi connectivity index (χ2v) is 6.71. The third-order valence-electron chi connectivity index (χ3n) is 3.42. The Morgan fingerprint density at radius 1 is 1.25 bits per heavy atom. The number of halogens is 3. The quantitative estimate of drug-likeness (QED) is 0.484. The van der Waals surface area contributed by atoms with Crippen LogP contribution in [0.1, 0.15) is 39.0 Å². The molecule has 96 valence electrons. The summed E-state index contributed by atoms with van der Waals surface area (Å²) in [4.78, 5) is 0. The Bertz CT molecular complexity index is 192. The molecule has 4 unspecified atom stereocenters. The Morgan fingerprint density at radius 2 is 1.94 bits per heavy atom. The van der Waals surface area contributed by atoms with E-state index >= 15 is 0 Å². The first-order valence-electron chi connectivity index (χ1n) is 6.14. The van der Waals surface area contributed by atoms with Gasteiger partial charge in [0.1, 0.15) is 0 Å². The van der Waals surface area contributed by atoms with Gasteiger partial charge < -0.3 is 4.74 Å². The average molecular weight is 379 g/mol. The van der Waals surface area contributed by atoms with Crippen molar-refractivity contribution in [3.8, 4) is 0 Å². The molecule has 0 aromatic carbocycles. The molecule has 1 fully saturated rings. The van der Waals surface area contributed by atoms with Crippen molar-refractivity contribution < 1.29 is 4.74 Å². The van der Waals surface area contributed by atoms with Crippen LogP contribution in [-0.4, -0.2) is 27.9 Å². The lowest BCUT2D eigenvalue weighted by Crippen LogP contribution is -2.37. The normalized spacial score (nSPS) is 30.0. The van der Waals surface area contributed by atoms with Gasteiger partial charge in [0.05, 0.1) is 16.1 Å². The Kier molecular flexibility index (Phi) is 8.03. The Labute approximate surface area is 123 Å². The van der Waals surface area contributed by atoms with Crippen molar-refractivity contribution in [1.82, 2.24) is 0 Å². The first-order chi connectivity index (χ1) is 7.72. The van der Waals surface area contributed by atoms with Crippen LogP contribution in [0.2, 0.25) is 0 Å². The van der Waals surface area contributed by atoms with E-state index in [4.69, 9.17) is 27.9 Å². The largest absolute Gasteiger partial charge is 0.372 e. The summed E-state index contributed by atoms with van der Waals surface area (Å²) in [7, 11) is 0. The van der Waals surface area contributed by atoms with Crippen LogP contribution in [0, 0.1) is 5.92 Å². The number of ether oxygens (including phenoxy) is 1. The summed E-state index contributed by atoms with van der Waals surface area (Å²) in [6.07, 6.45) is 6.88. The number of hydrogen-bond acceptors (Lipinski definition) is 1. The van der Waals surface area contributed by atoms with Gasteiger partial charge in [-0.15, -0.1) is 23.2 Å². The topological polar surface area (TPSA) is 9.23 Å². The van der Waals surface area contributed by atoms with Crippen molar-refractivity contribution in [3.63, 3.8) is 0 Å². The van der Waals surface area contributed by atoms with Crippen molar-refractivity contribution in [1.29, 1.82) is 0 Å². The molecular weight excluding hydrogens is 358 g/mol. The average Bonchev–Trinajstić information content (AvgIpc) is 2.35. The number of hydrogen-bond donors (Lipinski definition) is 0. The molecule has 1 aliphatic carbocycles. The van der Waals surface area contributed by atoms with Crippen molar-refractivity contribution in [2.75, 3.05) is 11.8 Å². The third kappa shape index (κ3) is 4.51. The van der Waals surface area contributed by atoms with E-state index in [2.05, 4.69) is 29.5 Å². The minimum atomic E-state index is 0.108. The maximum absolute atomic E-state index is 6.17. The summed E-state index contributed by atoms with van der Waals surface area (Å²) in [6.45, 7) is 2.26. The van der Waals surface area contributed by atoms with E-state index in [1.807, 2.05) is 0 Å². The zero-order chi connectivity index (χ0) is 12.0. The van der Waals surface area contributed by atoms with E-state index in [0.29, 0.717) is 21.8 Å². The summed E-state index contributed by atoms with van der Waals surface area (Å²) in [6, 6.07) is 0. The molecule has 0 aromatic heterocycles. The maximum Gasteiger partial charge on any atom is 0.0843 e. The summed E-state index contributed by atoms with van der Waals surface area (Å²) >= 11 is 14.2. The van der Waals surface area contributed by atoms with E-state index in [0.717, 1.165) is 5.92 Å². The van der Waals surface area contributed by atoms with Crippen molar-refractivity contribution in [2.45, 2.75) is 55.2 Å². The van der Waals surface area contributed by atoms with Gasteiger partial charge in [-0.05, 0) is 18.8 Å². The molecule has 0 aliphatic heterocycles. The molecule has 0 saturated heterocycles. The molecule has 1 rings (SSSR count). The Balaban J connectivity index is 2.48. The predicted octanol–water partition coefficient (Wildman–Crippen LogP) is 4.62. The van der Waals surface area contributed by atoms with Gasteiger partial charge in [0.2, 0.25) is 0 Å². The molecule has 0 amide bonds. The SMILES string of the molecule is CCC1CCCCC1OC(CCl)C(I)CCl. The molecule has 4 atom stereocenters. The highest BCUT2D eigenvalue weighted by Gasteiger charge is 2.29. The van der Waals surface area contributed by atoms with Gasteiger partial charge in [0, 0.05) is 11.8 Å². The van der Waals surface area contributed by atoms with Gasteiger partial charge >= 0.3 is 0 Å². The van der Waals surface area contributed by atoms with E-state index in [-0.39, 0.29) is 6.10 Å². The minimum Gasteiger partial charge on any atom is -0.372 e. The predicted molar refractivity (Wildman–Crippen MR) is 80.2 cm³/mol.